The molecule has 0 saturated heterocycles. The van der Waals surface area contributed by atoms with E-state index in [9.17, 15) is 0 Å². The fourth-order valence-corrected chi connectivity index (χ4v) is 3.76. The van der Waals surface area contributed by atoms with E-state index in [-0.39, 0.29) is 6.04 Å². The zero-order valence-electron chi connectivity index (χ0n) is 13.7. The Balaban J connectivity index is 1.66. The van der Waals surface area contributed by atoms with Crippen LogP contribution in [0.25, 0.3) is 10.6 Å². The van der Waals surface area contributed by atoms with Crippen molar-refractivity contribution in [3.05, 3.63) is 95.3 Å². The van der Waals surface area contributed by atoms with Crippen LogP contribution < -0.4 is 5.32 Å². The normalized spacial score (nSPS) is 11.9. The first kappa shape index (κ1) is 16.7. The average molecular weight is 379 g/mol. The summed E-state index contributed by atoms with van der Waals surface area (Å²) in [5.41, 5.74) is 2.92. The molecule has 1 unspecified atom stereocenters. The summed E-state index contributed by atoms with van der Waals surface area (Å²) in [5, 5.41) is 14.2. The Labute approximate surface area is 160 Å². The van der Waals surface area contributed by atoms with Gasteiger partial charge in [0.1, 0.15) is 0 Å². The molecule has 0 aliphatic heterocycles. The van der Waals surface area contributed by atoms with Crippen molar-refractivity contribution in [2.75, 3.05) is 5.32 Å². The van der Waals surface area contributed by atoms with E-state index in [1.807, 2.05) is 60.7 Å². The Morgan fingerprint density at radius 3 is 2.38 bits per heavy atom. The van der Waals surface area contributed by atoms with Gasteiger partial charge in [-0.05, 0) is 23.8 Å². The highest BCUT2D eigenvalue weighted by molar-refractivity contribution is 7.18. The number of hydrogen-bond acceptors (Lipinski definition) is 5. The van der Waals surface area contributed by atoms with E-state index in [2.05, 4.69) is 32.6 Å². The van der Waals surface area contributed by atoms with Crippen LogP contribution in [0, 0.1) is 0 Å². The highest BCUT2D eigenvalue weighted by Crippen LogP contribution is 2.33. The predicted molar refractivity (Wildman–Crippen MR) is 106 cm³/mol. The number of nitrogens with one attached hydrogen (secondary N) is 1. The van der Waals surface area contributed by atoms with Crippen molar-refractivity contribution < 1.29 is 0 Å². The first-order chi connectivity index (χ1) is 12.8. The van der Waals surface area contributed by atoms with Crippen molar-refractivity contribution >= 4 is 28.1 Å². The SMILES string of the molecule is Clc1ccccc1-c1nnc(NC(c2ccccc2)c2ccccn2)s1. The molecule has 0 amide bonds. The van der Waals surface area contributed by atoms with Gasteiger partial charge in [-0.25, -0.2) is 0 Å². The number of halogens is 1. The summed E-state index contributed by atoms with van der Waals surface area (Å²) in [6.07, 6.45) is 1.79. The molecule has 4 aromatic rings. The van der Waals surface area contributed by atoms with Crippen LogP contribution in [0.15, 0.2) is 79.0 Å². The lowest BCUT2D eigenvalue weighted by molar-refractivity contribution is 0.877. The summed E-state index contributed by atoms with van der Waals surface area (Å²) in [7, 11) is 0. The maximum atomic E-state index is 6.27. The molecule has 6 heteroatoms. The Kier molecular flexibility index (Phi) is 4.91. The van der Waals surface area contributed by atoms with Gasteiger partial charge in [-0.1, -0.05) is 77.5 Å². The second-order valence-corrected chi connectivity index (χ2v) is 7.02. The smallest absolute Gasteiger partial charge is 0.206 e. The molecule has 2 aromatic carbocycles. The fraction of sp³-hybridized carbons (Fsp3) is 0.0500. The Morgan fingerprint density at radius 2 is 1.62 bits per heavy atom. The summed E-state index contributed by atoms with van der Waals surface area (Å²) in [5.74, 6) is 0. The van der Waals surface area contributed by atoms with Crippen LogP contribution in [-0.4, -0.2) is 15.2 Å². The summed E-state index contributed by atoms with van der Waals surface area (Å²) in [6, 6.07) is 23.6. The van der Waals surface area contributed by atoms with Crippen LogP contribution in [0.2, 0.25) is 5.02 Å². The topological polar surface area (TPSA) is 50.7 Å². The Morgan fingerprint density at radius 1 is 0.846 bits per heavy atom. The highest BCUT2D eigenvalue weighted by atomic mass is 35.5. The van der Waals surface area contributed by atoms with Gasteiger partial charge in [0.05, 0.1) is 16.8 Å². The van der Waals surface area contributed by atoms with E-state index in [0.29, 0.717) is 5.02 Å². The molecule has 0 bridgehead atoms. The standard InChI is InChI=1S/C20H15ClN4S/c21-16-11-5-4-10-15(16)19-24-25-20(26-19)23-18(14-8-2-1-3-9-14)17-12-6-7-13-22-17/h1-13,18H,(H,23,25). The summed E-state index contributed by atoms with van der Waals surface area (Å²) in [4.78, 5) is 4.50. The number of rotatable bonds is 5. The number of pyridine rings is 1. The summed E-state index contributed by atoms with van der Waals surface area (Å²) in [6.45, 7) is 0. The summed E-state index contributed by atoms with van der Waals surface area (Å²) >= 11 is 7.75. The lowest BCUT2D eigenvalue weighted by atomic mass is 10.0. The zero-order chi connectivity index (χ0) is 17.8. The van der Waals surface area contributed by atoms with Crippen molar-refractivity contribution in [2.24, 2.45) is 0 Å². The monoisotopic (exact) mass is 378 g/mol. The third-order valence-corrected chi connectivity index (χ3v) is 5.13. The fourth-order valence-electron chi connectivity index (χ4n) is 2.67. The summed E-state index contributed by atoms with van der Waals surface area (Å²) < 4.78 is 0. The number of anilines is 1. The van der Waals surface area contributed by atoms with E-state index in [1.54, 1.807) is 6.20 Å². The average Bonchev–Trinajstić information content (AvgIpc) is 3.16. The second kappa shape index (κ2) is 7.64. The molecule has 0 spiro atoms. The minimum absolute atomic E-state index is 0.107. The molecule has 1 atom stereocenters. The first-order valence-corrected chi connectivity index (χ1v) is 9.31. The van der Waals surface area contributed by atoms with Crippen LogP contribution in [0.4, 0.5) is 5.13 Å². The van der Waals surface area contributed by atoms with Gasteiger partial charge >= 0.3 is 0 Å². The number of benzene rings is 2. The van der Waals surface area contributed by atoms with Crippen molar-refractivity contribution in [1.29, 1.82) is 0 Å². The molecule has 4 rings (SSSR count). The molecule has 0 radical (unpaired) electrons. The van der Waals surface area contributed by atoms with Crippen molar-refractivity contribution in [1.82, 2.24) is 15.2 Å². The molecular formula is C20H15ClN4S. The van der Waals surface area contributed by atoms with E-state index in [1.165, 1.54) is 11.3 Å². The van der Waals surface area contributed by atoms with Gasteiger partial charge in [0.25, 0.3) is 0 Å². The molecule has 4 nitrogen and oxygen atoms in total. The molecule has 0 aliphatic rings. The lowest BCUT2D eigenvalue weighted by Gasteiger charge is -2.17. The number of aromatic nitrogens is 3. The van der Waals surface area contributed by atoms with Gasteiger partial charge in [-0.2, -0.15) is 0 Å². The van der Waals surface area contributed by atoms with Crippen molar-refractivity contribution in [3.8, 4) is 10.6 Å². The Bertz CT molecular complexity index is 949. The minimum atomic E-state index is -0.107. The van der Waals surface area contributed by atoms with Crippen LogP contribution in [0.1, 0.15) is 17.3 Å². The molecule has 128 valence electrons. The third kappa shape index (κ3) is 3.59. The van der Waals surface area contributed by atoms with Crippen LogP contribution in [-0.2, 0) is 0 Å². The van der Waals surface area contributed by atoms with Gasteiger partial charge in [0.15, 0.2) is 5.01 Å². The van der Waals surface area contributed by atoms with Gasteiger partial charge < -0.3 is 5.32 Å². The van der Waals surface area contributed by atoms with Crippen LogP contribution in [0.3, 0.4) is 0 Å². The first-order valence-electron chi connectivity index (χ1n) is 8.12. The molecule has 0 fully saturated rings. The van der Waals surface area contributed by atoms with E-state index in [4.69, 9.17) is 11.6 Å². The van der Waals surface area contributed by atoms with Crippen LogP contribution >= 0.6 is 22.9 Å². The largest absolute Gasteiger partial charge is 0.348 e. The predicted octanol–water partition coefficient (Wildman–Crippen LogP) is 5.46. The highest BCUT2D eigenvalue weighted by Gasteiger charge is 2.18. The maximum Gasteiger partial charge on any atom is 0.206 e. The van der Waals surface area contributed by atoms with E-state index >= 15 is 0 Å². The lowest BCUT2D eigenvalue weighted by Crippen LogP contribution is -2.13. The minimum Gasteiger partial charge on any atom is -0.348 e. The molecule has 2 heterocycles. The number of hydrogen-bond donors (Lipinski definition) is 1. The van der Waals surface area contributed by atoms with Gasteiger partial charge in [-0.15, -0.1) is 10.2 Å². The molecule has 1 N–H and O–H groups in total. The number of nitrogens with zero attached hydrogens (tertiary/aromatic N) is 3. The molecule has 0 aliphatic carbocycles. The molecule has 26 heavy (non-hydrogen) atoms. The molecule has 2 aromatic heterocycles. The van der Waals surface area contributed by atoms with Gasteiger partial charge in [-0.3, -0.25) is 4.98 Å². The van der Waals surface area contributed by atoms with Gasteiger partial charge in [0, 0.05) is 11.8 Å². The van der Waals surface area contributed by atoms with Gasteiger partial charge in [0.2, 0.25) is 5.13 Å². The molecule has 0 saturated carbocycles. The molecular weight excluding hydrogens is 364 g/mol. The van der Waals surface area contributed by atoms with Crippen LogP contribution in [0.5, 0.6) is 0 Å². The van der Waals surface area contributed by atoms with Crippen molar-refractivity contribution in [3.63, 3.8) is 0 Å². The maximum absolute atomic E-state index is 6.27. The zero-order valence-corrected chi connectivity index (χ0v) is 15.3. The Hall–Kier alpha value is -2.76. The second-order valence-electron chi connectivity index (χ2n) is 5.63. The van der Waals surface area contributed by atoms with E-state index < -0.39 is 0 Å². The van der Waals surface area contributed by atoms with Crippen molar-refractivity contribution in [2.45, 2.75) is 6.04 Å². The quantitative estimate of drug-likeness (QED) is 0.501. The van der Waals surface area contributed by atoms with E-state index in [0.717, 1.165) is 27.0 Å². The third-order valence-electron chi connectivity index (χ3n) is 3.91.